The van der Waals surface area contributed by atoms with E-state index >= 15 is 0 Å². The maximum absolute atomic E-state index is 14.2. The van der Waals surface area contributed by atoms with E-state index in [0.717, 1.165) is 92.9 Å². The van der Waals surface area contributed by atoms with Crippen molar-refractivity contribution in [2.45, 2.75) is 273 Å². The molecule has 0 radical (unpaired) electrons. The molecule has 0 saturated carbocycles. The summed E-state index contributed by atoms with van der Waals surface area (Å²) in [5, 5.41) is 15.4. The molecule has 2 aromatic carbocycles. The van der Waals surface area contributed by atoms with Crippen molar-refractivity contribution in [2.24, 2.45) is 22.7 Å². The van der Waals surface area contributed by atoms with Crippen LogP contribution in [0.2, 0.25) is 0 Å². The summed E-state index contributed by atoms with van der Waals surface area (Å²) in [7, 11) is 0. The maximum Gasteiger partial charge on any atom is 0.407 e. The summed E-state index contributed by atoms with van der Waals surface area (Å²) in [6, 6.07) is 15.2. The van der Waals surface area contributed by atoms with Gasteiger partial charge in [0, 0.05) is 61.2 Å². The molecule has 3 atom stereocenters. The van der Waals surface area contributed by atoms with Crippen molar-refractivity contribution in [1.29, 1.82) is 0 Å². The molecule has 13 heteroatoms. The largest absolute Gasteiger partial charge is 0.449 e. The molecule has 472 valence electrons. The molecule has 2 unspecified atom stereocenters. The number of rotatable bonds is 47. The van der Waals surface area contributed by atoms with Gasteiger partial charge in [0.05, 0.1) is 24.4 Å². The summed E-state index contributed by atoms with van der Waals surface area (Å²) >= 11 is 0. The fraction of sp³-hybridized carbons (Fsp3) is 0.757. The predicted molar refractivity (Wildman–Crippen MR) is 341 cm³/mol. The number of benzene rings is 2. The van der Waals surface area contributed by atoms with E-state index in [0.29, 0.717) is 32.8 Å². The first-order valence-corrected chi connectivity index (χ1v) is 33.1. The highest BCUT2D eigenvalue weighted by atomic mass is 16.5. The quantitative estimate of drug-likeness (QED) is 0.0407. The van der Waals surface area contributed by atoms with Gasteiger partial charge in [0.2, 0.25) is 23.6 Å². The SMILES string of the molecule is CCCCCCCCC(CCCCCC)C(=O)NCC(C)(C)OCC(C)(C)CNC(=O)CC[C@H](NC(=O)OCC1c2ccccc2-c2ccccc21)C(=O)NCC(C)(C)COC(C)(C)CNC(=O)C(CCCCCC)CCCCCCCC. The molecular weight excluding hydrogens is 1040 g/mol. The molecular formula is C70H119N5O8. The zero-order chi connectivity index (χ0) is 61.2. The molecule has 0 heterocycles. The number of amides is 5. The normalized spacial score (nSPS) is 13.8. The summed E-state index contributed by atoms with van der Waals surface area (Å²) in [4.78, 5) is 68.6. The Bertz CT molecular complexity index is 2130. The van der Waals surface area contributed by atoms with E-state index in [2.05, 4.69) is 78.5 Å². The minimum absolute atomic E-state index is 0.000601. The molecule has 0 aliphatic heterocycles. The molecule has 5 N–H and O–H groups in total. The van der Waals surface area contributed by atoms with Crippen molar-refractivity contribution in [3.63, 3.8) is 0 Å². The Morgan fingerprint density at radius 3 is 1.23 bits per heavy atom. The first kappa shape index (κ1) is 72.8. The van der Waals surface area contributed by atoms with Crippen LogP contribution in [0.5, 0.6) is 0 Å². The Hall–Kier alpha value is -4.49. The highest BCUT2D eigenvalue weighted by Gasteiger charge is 2.33. The van der Waals surface area contributed by atoms with Gasteiger partial charge in [-0.05, 0) is 82.1 Å². The topological polar surface area (TPSA) is 173 Å². The molecule has 0 aromatic heterocycles. The van der Waals surface area contributed by atoms with Gasteiger partial charge in [0.25, 0.3) is 0 Å². The minimum Gasteiger partial charge on any atom is -0.449 e. The highest BCUT2D eigenvalue weighted by molar-refractivity contribution is 5.87. The second-order valence-corrected chi connectivity index (χ2v) is 27.1. The third kappa shape index (κ3) is 29.9. The third-order valence-electron chi connectivity index (χ3n) is 16.6. The van der Waals surface area contributed by atoms with Gasteiger partial charge in [-0.3, -0.25) is 19.2 Å². The van der Waals surface area contributed by atoms with Crippen LogP contribution in [0.1, 0.15) is 267 Å². The van der Waals surface area contributed by atoms with Crippen LogP contribution in [0.15, 0.2) is 48.5 Å². The van der Waals surface area contributed by atoms with E-state index in [1.54, 1.807) is 0 Å². The van der Waals surface area contributed by atoms with Crippen molar-refractivity contribution in [1.82, 2.24) is 26.6 Å². The van der Waals surface area contributed by atoms with Gasteiger partial charge >= 0.3 is 6.09 Å². The molecule has 0 saturated heterocycles. The monoisotopic (exact) mass is 1160 g/mol. The van der Waals surface area contributed by atoms with Crippen LogP contribution >= 0.6 is 0 Å². The van der Waals surface area contributed by atoms with Gasteiger partial charge in [-0.2, -0.15) is 0 Å². The number of alkyl carbamates (subject to hydrolysis) is 1. The summed E-state index contributed by atoms with van der Waals surface area (Å²) in [6.07, 6.45) is 26.5. The zero-order valence-electron chi connectivity index (χ0n) is 54.5. The van der Waals surface area contributed by atoms with E-state index in [1.807, 2.05) is 79.7 Å². The lowest BCUT2D eigenvalue weighted by Crippen LogP contribution is -2.50. The molecule has 1 aliphatic carbocycles. The van der Waals surface area contributed by atoms with E-state index in [4.69, 9.17) is 14.2 Å². The molecule has 83 heavy (non-hydrogen) atoms. The number of hydrogen-bond acceptors (Lipinski definition) is 8. The Morgan fingerprint density at radius 2 is 0.807 bits per heavy atom. The predicted octanol–water partition coefficient (Wildman–Crippen LogP) is 15.5. The van der Waals surface area contributed by atoms with Crippen LogP contribution in [0.25, 0.3) is 11.1 Å². The lowest BCUT2D eigenvalue weighted by Gasteiger charge is -2.33. The van der Waals surface area contributed by atoms with Gasteiger partial charge in [-0.15, -0.1) is 0 Å². The fourth-order valence-corrected chi connectivity index (χ4v) is 10.9. The minimum atomic E-state index is -1.07. The zero-order valence-corrected chi connectivity index (χ0v) is 54.5. The number of carbonyl (C=O) groups is 5. The van der Waals surface area contributed by atoms with Gasteiger partial charge < -0.3 is 40.8 Å². The number of carbonyl (C=O) groups excluding carboxylic acids is 5. The van der Waals surface area contributed by atoms with Crippen molar-refractivity contribution < 1.29 is 38.2 Å². The van der Waals surface area contributed by atoms with Gasteiger partial charge in [0.1, 0.15) is 12.6 Å². The summed E-state index contributed by atoms with van der Waals surface area (Å²) in [5.41, 5.74) is 2.09. The molecule has 5 amide bonds. The Labute approximate surface area is 505 Å². The summed E-state index contributed by atoms with van der Waals surface area (Å²) in [5.74, 6) is -0.633. The van der Waals surface area contributed by atoms with E-state index in [-0.39, 0.29) is 61.5 Å². The van der Waals surface area contributed by atoms with Gasteiger partial charge in [0.15, 0.2) is 0 Å². The highest BCUT2D eigenvalue weighted by Crippen LogP contribution is 2.44. The first-order chi connectivity index (χ1) is 39.6. The molecule has 1 aliphatic rings. The standard InChI is InChI=1S/C70H119N5O8/c1-13-17-21-25-27-31-39-54(37-29-23-19-15-3)63(77)73-50-69(9,10)82-52-67(5,6)48-71-62(76)46-45-61(75-66(80)81-47-60-58-43-35-33-41-56(58)57-42-34-36-44-59(57)60)65(79)72-49-68(7,8)53-83-70(11,12)51-74-64(78)55(38-30-24-20-16-4)40-32-28-26-22-18-14-2/h33-36,41-44,54-55,60-61H,13-32,37-40,45-53H2,1-12H3,(H,71,76)(H,72,79)(H,73,77)(H,74,78)(H,75,80)/t54?,55?,61-/m0/s1. The molecule has 0 bridgehead atoms. The van der Waals surface area contributed by atoms with Crippen LogP contribution in [0.3, 0.4) is 0 Å². The maximum atomic E-state index is 14.2. The number of fused-ring (bicyclic) bond motifs is 3. The summed E-state index contributed by atoms with van der Waals surface area (Å²) in [6.45, 7) is 26.9. The van der Waals surface area contributed by atoms with Crippen molar-refractivity contribution in [3.8, 4) is 11.1 Å². The third-order valence-corrected chi connectivity index (χ3v) is 16.6. The van der Waals surface area contributed by atoms with Crippen LogP contribution in [-0.2, 0) is 33.4 Å². The second-order valence-electron chi connectivity index (χ2n) is 27.1. The molecule has 0 spiro atoms. The smallest absolute Gasteiger partial charge is 0.407 e. The van der Waals surface area contributed by atoms with E-state index < -0.39 is 40.1 Å². The molecule has 0 fully saturated rings. The number of nitrogens with one attached hydrogen (secondary N) is 5. The number of ether oxygens (including phenoxy) is 3. The van der Waals surface area contributed by atoms with Crippen molar-refractivity contribution in [3.05, 3.63) is 59.7 Å². The second kappa shape index (κ2) is 39.3. The first-order valence-electron chi connectivity index (χ1n) is 33.1. The van der Waals surface area contributed by atoms with Gasteiger partial charge in [-0.25, -0.2) is 4.79 Å². The Kier molecular flexibility index (Phi) is 34.4. The van der Waals surface area contributed by atoms with E-state index in [9.17, 15) is 24.0 Å². The lowest BCUT2D eigenvalue weighted by atomic mass is 9.93. The number of unbranched alkanes of at least 4 members (excludes halogenated alkanes) is 16. The van der Waals surface area contributed by atoms with E-state index in [1.165, 1.54) is 83.5 Å². The van der Waals surface area contributed by atoms with Crippen LogP contribution in [-0.4, -0.2) is 93.0 Å². The molecule has 2 aromatic rings. The lowest BCUT2D eigenvalue weighted by molar-refractivity contribution is -0.128. The van der Waals surface area contributed by atoms with Crippen LogP contribution in [0, 0.1) is 22.7 Å². The average molecular weight is 1160 g/mol. The Balaban J connectivity index is 1.60. The van der Waals surface area contributed by atoms with Crippen molar-refractivity contribution >= 4 is 29.7 Å². The summed E-state index contributed by atoms with van der Waals surface area (Å²) < 4.78 is 18.8. The number of hydrogen-bond donors (Lipinski definition) is 5. The Morgan fingerprint density at radius 1 is 0.446 bits per heavy atom. The fourth-order valence-electron chi connectivity index (χ4n) is 10.9. The van der Waals surface area contributed by atoms with Crippen LogP contribution in [0.4, 0.5) is 4.79 Å². The average Bonchev–Trinajstić information content (AvgIpc) is 4.01. The van der Waals surface area contributed by atoms with Gasteiger partial charge in [-0.1, -0.05) is 232 Å². The molecule has 13 nitrogen and oxygen atoms in total. The molecule has 3 rings (SSSR count). The van der Waals surface area contributed by atoms with Crippen LogP contribution < -0.4 is 26.6 Å². The van der Waals surface area contributed by atoms with Crippen molar-refractivity contribution in [2.75, 3.05) is 46.0 Å².